The zero-order chi connectivity index (χ0) is 36.8. The molecule has 2 aliphatic rings. The molecule has 3 nitrogen and oxygen atoms in total. The molecule has 0 N–H and O–H groups in total. The second-order valence-corrected chi connectivity index (χ2v) is 14.8. The first-order valence-corrected chi connectivity index (χ1v) is 19.2. The number of furan rings is 1. The van der Waals surface area contributed by atoms with Gasteiger partial charge in [0, 0.05) is 16.5 Å². The van der Waals surface area contributed by atoms with Crippen molar-refractivity contribution < 1.29 is 4.42 Å². The van der Waals surface area contributed by atoms with E-state index in [-0.39, 0.29) is 5.41 Å². The van der Waals surface area contributed by atoms with Crippen LogP contribution in [0.5, 0.6) is 0 Å². The predicted molar refractivity (Wildman–Crippen MR) is 227 cm³/mol. The summed E-state index contributed by atoms with van der Waals surface area (Å²) < 4.78 is 6.55. The van der Waals surface area contributed by atoms with Gasteiger partial charge in [-0.25, -0.2) is 9.97 Å². The Morgan fingerprint density at radius 3 is 1.50 bits per heavy atom. The third kappa shape index (κ3) is 4.34. The molecule has 0 amide bonds. The van der Waals surface area contributed by atoms with Crippen molar-refractivity contribution in [2.24, 2.45) is 0 Å². The molecule has 2 heterocycles. The molecule has 2 aliphatic carbocycles. The molecule has 0 fully saturated rings. The highest BCUT2D eigenvalue weighted by atomic mass is 16.3. The minimum absolute atomic E-state index is 0.376. The summed E-state index contributed by atoms with van der Waals surface area (Å²) in [6, 6.07) is 69.8. The normalized spacial score (nSPS) is 13.1. The average Bonchev–Trinajstić information content (AvgIpc) is 3.90. The SMILES string of the molecule is c1ccc(-c2nc(-c3ccccc3)c3oc4ccc(-c5cccc(-c6ccc7c(c6)C6(c8ccccc8-c8ccccc86)c6ccccc6-7)c5)cc4c3n2)cc1. The topological polar surface area (TPSA) is 38.9 Å². The van der Waals surface area contributed by atoms with Gasteiger partial charge in [-0.15, -0.1) is 0 Å². The first-order valence-electron chi connectivity index (χ1n) is 19.2. The van der Waals surface area contributed by atoms with Gasteiger partial charge in [-0.05, 0) is 91.0 Å². The third-order valence-corrected chi connectivity index (χ3v) is 11.9. The molecule has 1 spiro atoms. The van der Waals surface area contributed by atoms with E-state index in [1.54, 1.807) is 0 Å². The Labute approximate surface area is 324 Å². The van der Waals surface area contributed by atoms with Crippen molar-refractivity contribution in [1.29, 1.82) is 0 Å². The maximum atomic E-state index is 6.55. The first-order chi connectivity index (χ1) is 27.8. The van der Waals surface area contributed by atoms with E-state index in [0.717, 1.165) is 44.4 Å². The summed E-state index contributed by atoms with van der Waals surface area (Å²) in [6.07, 6.45) is 0. The van der Waals surface area contributed by atoms with E-state index in [9.17, 15) is 0 Å². The Bertz CT molecular complexity index is 3130. The number of benzene rings is 8. The van der Waals surface area contributed by atoms with Crippen LogP contribution in [0.15, 0.2) is 199 Å². The molecule has 0 saturated heterocycles. The highest BCUT2D eigenvalue weighted by Gasteiger charge is 2.51. The Morgan fingerprint density at radius 2 is 0.857 bits per heavy atom. The van der Waals surface area contributed by atoms with Gasteiger partial charge in [0.05, 0.1) is 5.41 Å². The van der Waals surface area contributed by atoms with Gasteiger partial charge >= 0.3 is 0 Å². The third-order valence-electron chi connectivity index (χ3n) is 11.9. The highest BCUT2D eigenvalue weighted by molar-refractivity contribution is 6.08. The molecule has 8 aromatic carbocycles. The smallest absolute Gasteiger partial charge is 0.180 e. The molecule has 0 unspecified atom stereocenters. The van der Waals surface area contributed by atoms with Crippen LogP contribution in [0.2, 0.25) is 0 Å². The Hall–Kier alpha value is -7.36. The molecule has 2 aromatic heterocycles. The molecule has 56 heavy (non-hydrogen) atoms. The monoisotopic (exact) mass is 712 g/mol. The van der Waals surface area contributed by atoms with E-state index in [1.807, 2.05) is 36.4 Å². The van der Waals surface area contributed by atoms with E-state index >= 15 is 0 Å². The van der Waals surface area contributed by atoms with Gasteiger partial charge in [0.25, 0.3) is 0 Å². The fourth-order valence-corrected chi connectivity index (χ4v) is 9.48. The number of nitrogens with zero attached hydrogens (tertiary/aromatic N) is 2. The van der Waals surface area contributed by atoms with Gasteiger partial charge < -0.3 is 4.42 Å². The number of rotatable bonds is 4. The second-order valence-electron chi connectivity index (χ2n) is 14.8. The molecule has 3 heteroatoms. The van der Waals surface area contributed by atoms with Crippen molar-refractivity contribution in [3.8, 4) is 67.2 Å². The lowest BCUT2D eigenvalue weighted by Gasteiger charge is -2.30. The molecular weight excluding hydrogens is 681 g/mol. The van der Waals surface area contributed by atoms with E-state index in [1.165, 1.54) is 55.6 Å². The maximum absolute atomic E-state index is 6.55. The molecule has 0 atom stereocenters. The minimum atomic E-state index is -0.376. The van der Waals surface area contributed by atoms with Crippen LogP contribution < -0.4 is 0 Å². The van der Waals surface area contributed by atoms with Crippen molar-refractivity contribution in [2.45, 2.75) is 5.41 Å². The van der Waals surface area contributed by atoms with Crippen LogP contribution in [0.25, 0.3) is 89.2 Å². The minimum Gasteiger partial charge on any atom is -0.452 e. The summed E-state index contributed by atoms with van der Waals surface area (Å²) >= 11 is 0. The standard InChI is InChI=1S/C53H32N2O/c1-3-14-33(15-4-1)49-51-50(55-52(54-49)34-16-5-2-6-17-34)43-31-37(27-29-48(43)56-51)35-18-13-19-36(30-35)38-26-28-42-41-22-9-12-25-46(41)53(47(42)32-38)44-23-10-7-20-39(44)40-21-8-11-24-45(40)53/h1-32H. The van der Waals surface area contributed by atoms with E-state index in [0.29, 0.717) is 11.4 Å². The molecule has 0 bridgehead atoms. The zero-order valence-corrected chi connectivity index (χ0v) is 30.3. The highest BCUT2D eigenvalue weighted by Crippen LogP contribution is 2.63. The Morgan fingerprint density at radius 1 is 0.357 bits per heavy atom. The lowest BCUT2D eigenvalue weighted by Crippen LogP contribution is -2.25. The molecule has 0 radical (unpaired) electrons. The van der Waals surface area contributed by atoms with Gasteiger partial charge in [-0.1, -0.05) is 170 Å². The van der Waals surface area contributed by atoms with Gasteiger partial charge in [0.15, 0.2) is 11.4 Å². The lowest BCUT2D eigenvalue weighted by atomic mass is 9.70. The average molecular weight is 713 g/mol. The molecule has 0 aliphatic heterocycles. The predicted octanol–water partition coefficient (Wildman–Crippen LogP) is 13.4. The molecule has 10 aromatic rings. The number of fused-ring (bicyclic) bond motifs is 13. The van der Waals surface area contributed by atoms with Crippen molar-refractivity contribution >= 4 is 22.1 Å². The summed E-state index contributed by atoms with van der Waals surface area (Å²) in [5.41, 5.74) is 19.9. The van der Waals surface area contributed by atoms with Crippen LogP contribution in [0.3, 0.4) is 0 Å². The van der Waals surface area contributed by atoms with Crippen molar-refractivity contribution in [3.63, 3.8) is 0 Å². The Balaban J connectivity index is 1.01. The summed E-state index contributed by atoms with van der Waals surface area (Å²) in [4.78, 5) is 10.2. The molecule has 12 rings (SSSR count). The van der Waals surface area contributed by atoms with Crippen LogP contribution in [-0.4, -0.2) is 9.97 Å². The number of hydrogen-bond acceptors (Lipinski definition) is 3. The summed E-state index contributed by atoms with van der Waals surface area (Å²) in [6.45, 7) is 0. The van der Waals surface area contributed by atoms with E-state index in [2.05, 4.69) is 158 Å². The summed E-state index contributed by atoms with van der Waals surface area (Å²) in [5.74, 6) is 0.677. The fraction of sp³-hybridized carbons (Fsp3) is 0.0189. The van der Waals surface area contributed by atoms with E-state index < -0.39 is 0 Å². The summed E-state index contributed by atoms with van der Waals surface area (Å²) in [5, 5.41) is 0.968. The second kappa shape index (κ2) is 11.8. The quantitative estimate of drug-likeness (QED) is 0.182. The van der Waals surface area contributed by atoms with Crippen LogP contribution in [0, 0.1) is 0 Å². The van der Waals surface area contributed by atoms with Crippen molar-refractivity contribution in [1.82, 2.24) is 9.97 Å². The maximum Gasteiger partial charge on any atom is 0.180 e. The fourth-order valence-electron chi connectivity index (χ4n) is 9.48. The zero-order valence-electron chi connectivity index (χ0n) is 30.3. The van der Waals surface area contributed by atoms with Crippen LogP contribution >= 0.6 is 0 Å². The van der Waals surface area contributed by atoms with Crippen molar-refractivity contribution in [3.05, 3.63) is 216 Å². The van der Waals surface area contributed by atoms with Crippen LogP contribution in [0.4, 0.5) is 0 Å². The largest absolute Gasteiger partial charge is 0.452 e. The summed E-state index contributed by atoms with van der Waals surface area (Å²) in [7, 11) is 0. The van der Waals surface area contributed by atoms with E-state index in [4.69, 9.17) is 14.4 Å². The molecule has 0 saturated carbocycles. The Kier molecular flexibility index (Phi) is 6.55. The van der Waals surface area contributed by atoms with Crippen LogP contribution in [-0.2, 0) is 5.41 Å². The molecular formula is C53H32N2O. The van der Waals surface area contributed by atoms with Gasteiger partial charge in [0.2, 0.25) is 0 Å². The van der Waals surface area contributed by atoms with Crippen LogP contribution in [0.1, 0.15) is 22.3 Å². The van der Waals surface area contributed by atoms with Gasteiger partial charge in [-0.3, -0.25) is 0 Å². The first kappa shape index (κ1) is 31.0. The van der Waals surface area contributed by atoms with Gasteiger partial charge in [0.1, 0.15) is 16.8 Å². The number of hydrogen-bond donors (Lipinski definition) is 0. The molecule has 260 valence electrons. The lowest BCUT2D eigenvalue weighted by molar-refractivity contribution is 0.667. The van der Waals surface area contributed by atoms with Crippen molar-refractivity contribution in [2.75, 3.05) is 0 Å². The van der Waals surface area contributed by atoms with Gasteiger partial charge in [-0.2, -0.15) is 0 Å². The number of aromatic nitrogens is 2.